The van der Waals surface area contributed by atoms with E-state index in [2.05, 4.69) is 36.1 Å². The van der Waals surface area contributed by atoms with E-state index < -0.39 is 24.0 Å². The van der Waals surface area contributed by atoms with Crippen LogP contribution < -0.4 is 16.0 Å². The van der Waals surface area contributed by atoms with Crippen LogP contribution in [0.25, 0.3) is 5.69 Å². The maximum Gasteiger partial charge on any atom is 0.404 e. The average Bonchev–Trinajstić information content (AvgIpc) is 3.29. The highest BCUT2D eigenvalue weighted by Gasteiger charge is 2.21. The second-order valence-electron chi connectivity index (χ2n) is 7.00. The molecule has 0 saturated heterocycles. The summed E-state index contributed by atoms with van der Waals surface area (Å²) in [5, 5.41) is 34.8. The Labute approximate surface area is 183 Å². The lowest BCUT2D eigenvalue weighted by atomic mass is 10.1. The number of aromatic nitrogens is 5. The molecule has 4 N–H and O–H groups in total. The number of carboxylic acid groups (broad SMARTS) is 1. The third-order valence-corrected chi connectivity index (χ3v) is 4.77. The molecular formula is C20H22FN9O2. The summed E-state index contributed by atoms with van der Waals surface area (Å²) in [6, 6.07) is 3.79. The fraction of sp³-hybridized carbons (Fsp3) is 0.300. The zero-order valence-electron chi connectivity index (χ0n) is 17.7. The van der Waals surface area contributed by atoms with Gasteiger partial charge in [-0.15, -0.1) is 4.80 Å². The first-order chi connectivity index (χ1) is 15.3. The fourth-order valence-corrected chi connectivity index (χ4v) is 3.09. The van der Waals surface area contributed by atoms with Gasteiger partial charge in [-0.05, 0) is 32.4 Å². The van der Waals surface area contributed by atoms with Crippen LogP contribution in [0, 0.1) is 24.1 Å². The quantitative estimate of drug-likeness (QED) is 0.415. The molecule has 0 unspecified atom stereocenters. The van der Waals surface area contributed by atoms with Gasteiger partial charge in [-0.3, -0.25) is 4.98 Å². The number of aryl methyl sites for hydroxylation is 1. The number of pyridine rings is 2. The van der Waals surface area contributed by atoms with Crippen molar-refractivity contribution in [2.24, 2.45) is 0 Å². The molecule has 3 heterocycles. The van der Waals surface area contributed by atoms with Crippen molar-refractivity contribution >= 4 is 23.4 Å². The number of hydrogen-bond acceptors (Lipinski definition) is 8. The molecule has 11 nitrogen and oxygen atoms in total. The molecule has 0 aromatic carbocycles. The van der Waals surface area contributed by atoms with Gasteiger partial charge in [-0.25, -0.2) is 14.2 Å². The Morgan fingerprint density at radius 1 is 1.31 bits per heavy atom. The summed E-state index contributed by atoms with van der Waals surface area (Å²) in [6.07, 6.45) is 3.96. The van der Waals surface area contributed by atoms with Crippen molar-refractivity contribution in [1.29, 1.82) is 5.26 Å². The maximum atomic E-state index is 14.6. The summed E-state index contributed by atoms with van der Waals surface area (Å²) in [7, 11) is 0. The van der Waals surface area contributed by atoms with Crippen molar-refractivity contribution in [3.8, 4) is 11.8 Å². The zero-order chi connectivity index (χ0) is 23.3. The van der Waals surface area contributed by atoms with E-state index in [9.17, 15) is 14.4 Å². The van der Waals surface area contributed by atoms with Gasteiger partial charge in [0, 0.05) is 12.1 Å². The largest absolute Gasteiger partial charge is 0.465 e. The summed E-state index contributed by atoms with van der Waals surface area (Å²) in [6.45, 7) is 5.30. The maximum absolute atomic E-state index is 14.6. The average molecular weight is 439 g/mol. The first-order valence-corrected chi connectivity index (χ1v) is 9.79. The van der Waals surface area contributed by atoms with Crippen LogP contribution >= 0.6 is 0 Å². The van der Waals surface area contributed by atoms with Crippen molar-refractivity contribution in [3.05, 3.63) is 47.8 Å². The third-order valence-electron chi connectivity index (χ3n) is 4.77. The van der Waals surface area contributed by atoms with Crippen LogP contribution in [-0.4, -0.2) is 48.2 Å². The van der Waals surface area contributed by atoms with E-state index >= 15 is 0 Å². The number of nitrogens with one attached hydrogen (secondary N) is 3. The van der Waals surface area contributed by atoms with Crippen LogP contribution in [0.15, 0.2) is 30.7 Å². The summed E-state index contributed by atoms with van der Waals surface area (Å²) < 4.78 is 14.6. The van der Waals surface area contributed by atoms with E-state index in [0.717, 1.165) is 6.07 Å². The van der Waals surface area contributed by atoms with Crippen molar-refractivity contribution in [1.82, 2.24) is 30.3 Å². The Morgan fingerprint density at radius 3 is 2.66 bits per heavy atom. The number of halogens is 1. The van der Waals surface area contributed by atoms with Gasteiger partial charge in [0.05, 0.1) is 35.5 Å². The molecule has 32 heavy (non-hydrogen) atoms. The first kappa shape index (κ1) is 22.4. The van der Waals surface area contributed by atoms with E-state index in [1.165, 1.54) is 17.2 Å². The normalized spacial score (nSPS) is 12.5. The van der Waals surface area contributed by atoms with E-state index in [0.29, 0.717) is 23.5 Å². The summed E-state index contributed by atoms with van der Waals surface area (Å²) in [5.41, 5.74) is 1.81. The lowest BCUT2D eigenvalue weighted by molar-refractivity contribution is 0.189. The molecule has 2 atom stereocenters. The van der Waals surface area contributed by atoms with Crippen molar-refractivity contribution in [2.75, 3.05) is 10.6 Å². The molecule has 1 amide bonds. The predicted molar refractivity (Wildman–Crippen MR) is 114 cm³/mol. The molecule has 0 spiro atoms. The molecule has 12 heteroatoms. The van der Waals surface area contributed by atoms with Gasteiger partial charge in [0.15, 0.2) is 17.5 Å². The third kappa shape index (κ3) is 5.07. The SMILES string of the molecule is CC[C@@H](Nc1nc(Nc2cnc(C)c(-n3nccn3)c2)c(C#N)cc1F)[C@H](C)NC(=O)O. The van der Waals surface area contributed by atoms with Gasteiger partial charge < -0.3 is 21.1 Å². The number of anilines is 3. The molecule has 0 bridgehead atoms. The van der Waals surface area contributed by atoms with Crippen LogP contribution in [0.3, 0.4) is 0 Å². The highest BCUT2D eigenvalue weighted by atomic mass is 19.1. The summed E-state index contributed by atoms with van der Waals surface area (Å²) in [5.74, 6) is -0.710. The molecule has 166 valence electrons. The number of hydrogen-bond donors (Lipinski definition) is 4. The van der Waals surface area contributed by atoms with E-state index in [1.54, 1.807) is 26.1 Å². The molecule has 0 aliphatic carbocycles. The smallest absolute Gasteiger partial charge is 0.404 e. The lowest BCUT2D eigenvalue weighted by Gasteiger charge is -2.25. The predicted octanol–water partition coefficient (Wildman–Crippen LogP) is 2.97. The minimum atomic E-state index is -1.18. The van der Waals surface area contributed by atoms with Crippen LogP contribution in [-0.2, 0) is 0 Å². The molecule has 3 aromatic heterocycles. The molecule has 0 radical (unpaired) electrons. The lowest BCUT2D eigenvalue weighted by Crippen LogP contribution is -2.44. The highest BCUT2D eigenvalue weighted by molar-refractivity contribution is 5.67. The molecule has 0 saturated carbocycles. The minimum Gasteiger partial charge on any atom is -0.465 e. The molecule has 0 fully saturated rings. The Bertz CT molecular complexity index is 1140. The van der Waals surface area contributed by atoms with E-state index in [-0.39, 0.29) is 17.2 Å². The second-order valence-corrected chi connectivity index (χ2v) is 7.00. The van der Waals surface area contributed by atoms with Gasteiger partial charge in [-0.1, -0.05) is 6.92 Å². The van der Waals surface area contributed by atoms with Crippen LogP contribution in [0.5, 0.6) is 0 Å². The van der Waals surface area contributed by atoms with Gasteiger partial charge in [0.25, 0.3) is 0 Å². The van der Waals surface area contributed by atoms with Crippen LogP contribution in [0.4, 0.5) is 26.5 Å². The van der Waals surface area contributed by atoms with Crippen LogP contribution in [0.2, 0.25) is 0 Å². The Hall–Kier alpha value is -4.27. The Kier molecular flexibility index (Phi) is 6.79. The fourth-order valence-electron chi connectivity index (χ4n) is 3.09. The molecule has 3 aromatic rings. The Morgan fingerprint density at radius 2 is 2.03 bits per heavy atom. The number of nitrogens with zero attached hydrogens (tertiary/aromatic N) is 6. The number of nitriles is 1. The molecular weight excluding hydrogens is 417 g/mol. The van der Waals surface area contributed by atoms with Gasteiger partial charge in [0.2, 0.25) is 0 Å². The van der Waals surface area contributed by atoms with Crippen LogP contribution in [0.1, 0.15) is 31.5 Å². The number of carbonyl (C=O) groups is 1. The standard InChI is InChI=1S/C20H22FN9O2/c1-4-16(11(2)26-20(31)32)28-19-15(21)7-13(9-22)18(29-19)27-14-8-17(12(3)23-10-14)30-24-5-6-25-30/h5-8,10-11,16,26H,4H2,1-3H3,(H,31,32)(H2,27,28,29)/t11-,16+/m0/s1. The molecule has 0 aliphatic rings. The zero-order valence-corrected chi connectivity index (χ0v) is 17.7. The molecule has 0 aliphatic heterocycles. The second kappa shape index (κ2) is 9.69. The number of rotatable bonds is 8. The monoisotopic (exact) mass is 439 g/mol. The first-order valence-electron chi connectivity index (χ1n) is 9.79. The topological polar surface area (TPSA) is 154 Å². The van der Waals surface area contributed by atoms with Crippen molar-refractivity contribution in [2.45, 2.75) is 39.3 Å². The van der Waals surface area contributed by atoms with Gasteiger partial charge >= 0.3 is 6.09 Å². The highest BCUT2D eigenvalue weighted by Crippen LogP contribution is 2.25. The Balaban J connectivity index is 1.91. The molecule has 3 rings (SSSR count). The van der Waals surface area contributed by atoms with Gasteiger partial charge in [-0.2, -0.15) is 15.5 Å². The van der Waals surface area contributed by atoms with E-state index in [1.807, 2.05) is 13.0 Å². The minimum absolute atomic E-state index is 0.00264. The van der Waals surface area contributed by atoms with Crippen molar-refractivity contribution in [3.63, 3.8) is 0 Å². The summed E-state index contributed by atoms with van der Waals surface area (Å²) >= 11 is 0. The summed E-state index contributed by atoms with van der Waals surface area (Å²) in [4.78, 5) is 20.9. The van der Waals surface area contributed by atoms with Gasteiger partial charge in [0.1, 0.15) is 11.8 Å². The van der Waals surface area contributed by atoms with E-state index in [4.69, 9.17) is 5.11 Å². The number of amides is 1. The van der Waals surface area contributed by atoms with Crippen molar-refractivity contribution < 1.29 is 14.3 Å².